The van der Waals surface area contributed by atoms with Crippen molar-refractivity contribution in [3.63, 3.8) is 0 Å². The van der Waals surface area contributed by atoms with E-state index in [9.17, 15) is 22.7 Å². The third kappa shape index (κ3) is 3.95. The molecule has 1 heterocycles. The second kappa shape index (κ2) is 7.98. The van der Waals surface area contributed by atoms with Gasteiger partial charge in [0.1, 0.15) is 11.6 Å². The number of alkyl halides is 3. The number of halogens is 4. The van der Waals surface area contributed by atoms with Gasteiger partial charge < -0.3 is 14.8 Å². The van der Waals surface area contributed by atoms with Crippen LogP contribution in [0.2, 0.25) is 0 Å². The molecule has 0 aliphatic heterocycles. The van der Waals surface area contributed by atoms with Gasteiger partial charge in [-0.1, -0.05) is 42.5 Å². The number of anilines is 1. The number of nitrogens with one attached hydrogen (secondary N) is 1. The summed E-state index contributed by atoms with van der Waals surface area (Å²) in [5.41, 5.74) is 0.272. The van der Waals surface area contributed by atoms with Crippen LogP contribution < -0.4 is 5.32 Å². The fourth-order valence-corrected chi connectivity index (χ4v) is 3.76. The van der Waals surface area contributed by atoms with Crippen LogP contribution in [0.5, 0.6) is 5.75 Å². The van der Waals surface area contributed by atoms with Crippen molar-refractivity contribution < 1.29 is 27.1 Å². The van der Waals surface area contributed by atoms with Gasteiger partial charge in [0.25, 0.3) is 0 Å². The minimum absolute atomic E-state index is 0.160. The van der Waals surface area contributed by atoms with Crippen LogP contribution >= 0.6 is 0 Å². The predicted octanol–water partition coefficient (Wildman–Crippen LogP) is 6.79. The van der Waals surface area contributed by atoms with E-state index in [0.717, 1.165) is 23.1 Å². The average Bonchev–Trinajstić information content (AvgIpc) is 3.07. The molecule has 3 nitrogen and oxygen atoms in total. The van der Waals surface area contributed by atoms with E-state index < -0.39 is 11.7 Å². The molecule has 0 bridgehead atoms. The number of rotatable bonds is 5. The number of aryl methyl sites for hydroxylation is 2. The van der Waals surface area contributed by atoms with Crippen molar-refractivity contribution in [1.82, 2.24) is 0 Å². The third-order valence-corrected chi connectivity index (χ3v) is 5.22. The van der Waals surface area contributed by atoms with E-state index >= 15 is 0 Å². The Labute approximate surface area is 175 Å². The monoisotopic (exact) mass is 429 g/mol. The number of fused-ring (bicyclic) bond motifs is 1. The molecule has 0 amide bonds. The van der Waals surface area contributed by atoms with Crippen molar-refractivity contribution >= 4 is 16.7 Å². The third-order valence-electron chi connectivity index (χ3n) is 5.22. The first kappa shape index (κ1) is 20.8. The molecule has 2 N–H and O–H groups in total. The first-order valence-electron chi connectivity index (χ1n) is 9.65. The summed E-state index contributed by atoms with van der Waals surface area (Å²) in [4.78, 5) is 0. The van der Waals surface area contributed by atoms with E-state index in [0.29, 0.717) is 11.8 Å². The zero-order valence-electron chi connectivity index (χ0n) is 16.6. The van der Waals surface area contributed by atoms with E-state index in [-0.39, 0.29) is 40.8 Å². The molecule has 0 saturated carbocycles. The quantitative estimate of drug-likeness (QED) is 0.343. The lowest BCUT2D eigenvalue weighted by atomic mass is 9.99. The van der Waals surface area contributed by atoms with E-state index in [1.54, 1.807) is 19.2 Å². The maximum absolute atomic E-state index is 14.4. The minimum Gasteiger partial charge on any atom is -0.504 e. The first-order valence-corrected chi connectivity index (χ1v) is 9.65. The number of benzene rings is 3. The standard InChI is InChI=1S/C24H19F4NO2/c1-29-23-21(16-8-3-9-17(13-16)24(26,27)28)22(30)19(31-23)12-11-15-6-2-5-14-7-4-10-18(25)20(14)15/h2-10,13,29-30H,11-12H2,1H3. The molecule has 1 aromatic heterocycles. The zero-order chi connectivity index (χ0) is 22.2. The van der Waals surface area contributed by atoms with Crippen LogP contribution in [0.1, 0.15) is 16.9 Å². The molecule has 0 fully saturated rings. The second-order valence-electron chi connectivity index (χ2n) is 7.16. The highest BCUT2D eigenvalue weighted by Gasteiger charge is 2.31. The second-order valence-corrected chi connectivity index (χ2v) is 7.16. The number of hydrogen-bond acceptors (Lipinski definition) is 3. The number of aromatic hydroxyl groups is 1. The van der Waals surface area contributed by atoms with E-state index in [4.69, 9.17) is 4.42 Å². The molecule has 4 rings (SSSR count). The molecule has 0 atom stereocenters. The highest BCUT2D eigenvalue weighted by Crippen LogP contribution is 2.43. The van der Waals surface area contributed by atoms with Gasteiger partial charge in [0.15, 0.2) is 5.75 Å². The lowest BCUT2D eigenvalue weighted by Gasteiger charge is -2.09. The summed E-state index contributed by atoms with van der Waals surface area (Å²) in [7, 11) is 1.55. The summed E-state index contributed by atoms with van der Waals surface area (Å²) < 4.78 is 59.4. The summed E-state index contributed by atoms with van der Waals surface area (Å²) in [6.45, 7) is 0. The summed E-state index contributed by atoms with van der Waals surface area (Å²) in [6, 6.07) is 15.0. The Bertz CT molecular complexity index is 1240. The van der Waals surface area contributed by atoms with Crippen LogP contribution in [0.3, 0.4) is 0 Å². The fraction of sp³-hybridized carbons (Fsp3) is 0.167. The zero-order valence-corrected chi connectivity index (χ0v) is 16.6. The van der Waals surface area contributed by atoms with E-state index in [1.807, 2.05) is 18.2 Å². The highest BCUT2D eigenvalue weighted by atomic mass is 19.4. The highest BCUT2D eigenvalue weighted by molar-refractivity contribution is 5.86. The maximum Gasteiger partial charge on any atom is 0.416 e. The van der Waals surface area contributed by atoms with E-state index in [1.165, 1.54) is 18.2 Å². The van der Waals surface area contributed by atoms with Gasteiger partial charge in [0, 0.05) is 18.9 Å². The van der Waals surface area contributed by atoms with Gasteiger partial charge in [-0.25, -0.2) is 4.39 Å². The van der Waals surface area contributed by atoms with Crippen molar-refractivity contribution in [2.45, 2.75) is 19.0 Å². The van der Waals surface area contributed by atoms with Crippen molar-refractivity contribution in [3.8, 4) is 16.9 Å². The van der Waals surface area contributed by atoms with Gasteiger partial charge in [-0.3, -0.25) is 0 Å². The maximum atomic E-state index is 14.4. The van der Waals surface area contributed by atoms with Crippen molar-refractivity contribution in [3.05, 3.63) is 83.4 Å². The van der Waals surface area contributed by atoms with Gasteiger partial charge in [0.2, 0.25) is 5.88 Å². The fourth-order valence-electron chi connectivity index (χ4n) is 3.76. The van der Waals surface area contributed by atoms with Crippen molar-refractivity contribution in [2.24, 2.45) is 0 Å². The van der Waals surface area contributed by atoms with Gasteiger partial charge in [-0.15, -0.1) is 0 Å². The molecule has 0 radical (unpaired) electrons. The van der Waals surface area contributed by atoms with Gasteiger partial charge in [0.05, 0.1) is 11.1 Å². The summed E-state index contributed by atoms with van der Waals surface area (Å²) in [5.74, 6) is -0.192. The molecule has 0 saturated heterocycles. The lowest BCUT2D eigenvalue weighted by molar-refractivity contribution is -0.137. The predicted molar refractivity (Wildman–Crippen MR) is 112 cm³/mol. The molecule has 4 aromatic rings. The van der Waals surface area contributed by atoms with Crippen LogP contribution in [0, 0.1) is 5.82 Å². The normalized spacial score (nSPS) is 11.8. The van der Waals surface area contributed by atoms with Crippen molar-refractivity contribution in [1.29, 1.82) is 0 Å². The van der Waals surface area contributed by atoms with Gasteiger partial charge in [-0.2, -0.15) is 13.2 Å². The Morgan fingerprint density at radius 3 is 2.39 bits per heavy atom. The lowest BCUT2D eigenvalue weighted by Crippen LogP contribution is -2.04. The summed E-state index contributed by atoms with van der Waals surface area (Å²) >= 11 is 0. The molecule has 0 unspecified atom stereocenters. The Morgan fingerprint density at radius 2 is 1.68 bits per heavy atom. The van der Waals surface area contributed by atoms with Crippen LogP contribution in [0.25, 0.3) is 21.9 Å². The van der Waals surface area contributed by atoms with Gasteiger partial charge >= 0.3 is 6.18 Å². The number of furan rings is 1. The smallest absolute Gasteiger partial charge is 0.416 e. The van der Waals surface area contributed by atoms with Crippen LogP contribution in [-0.4, -0.2) is 12.2 Å². The molecular formula is C24H19F4NO2. The molecule has 3 aromatic carbocycles. The van der Waals surface area contributed by atoms with Crippen LogP contribution in [0.15, 0.2) is 65.1 Å². The molecular weight excluding hydrogens is 410 g/mol. The van der Waals surface area contributed by atoms with Gasteiger partial charge in [-0.05, 0) is 41.1 Å². The van der Waals surface area contributed by atoms with E-state index in [2.05, 4.69) is 5.32 Å². The summed E-state index contributed by atoms with van der Waals surface area (Å²) in [6.07, 6.45) is -3.88. The Balaban J connectivity index is 1.69. The van der Waals surface area contributed by atoms with Crippen LogP contribution in [0.4, 0.5) is 23.4 Å². The topological polar surface area (TPSA) is 45.4 Å². The summed E-state index contributed by atoms with van der Waals surface area (Å²) in [5, 5.41) is 14.8. The average molecular weight is 429 g/mol. The van der Waals surface area contributed by atoms with Crippen LogP contribution in [-0.2, 0) is 19.0 Å². The molecule has 160 valence electrons. The van der Waals surface area contributed by atoms with Crippen molar-refractivity contribution in [2.75, 3.05) is 12.4 Å². The Kier molecular flexibility index (Phi) is 5.35. The molecule has 0 spiro atoms. The Morgan fingerprint density at radius 1 is 0.968 bits per heavy atom. The molecule has 7 heteroatoms. The first-order chi connectivity index (χ1) is 14.8. The molecule has 31 heavy (non-hydrogen) atoms. The minimum atomic E-state index is -4.50. The molecule has 0 aliphatic rings. The number of hydrogen-bond donors (Lipinski definition) is 2. The largest absolute Gasteiger partial charge is 0.504 e. The Hall–Kier alpha value is -3.48. The molecule has 0 aliphatic carbocycles. The SMILES string of the molecule is CNc1oc(CCc2cccc3cccc(F)c23)c(O)c1-c1cccc(C(F)(F)F)c1.